The molecule has 18 heavy (non-hydrogen) atoms. The minimum absolute atomic E-state index is 0.538. The van der Waals surface area contributed by atoms with Crippen molar-refractivity contribution in [3.05, 3.63) is 44.6 Å². The highest BCUT2D eigenvalue weighted by molar-refractivity contribution is 9.10. The standard InChI is InChI=1S/C13H14BrNOS2/c1-2-10-4-5-11(17-10)8-18(16)13-6-3-9(14)7-12(13)15/h3-7H,2,8,15H2,1H3. The Hall–Kier alpha value is -0.650. The Kier molecular flexibility index (Phi) is 4.59. The first-order valence-corrected chi connectivity index (χ1v) is 8.54. The minimum Gasteiger partial charge on any atom is -0.398 e. The topological polar surface area (TPSA) is 43.1 Å². The molecule has 96 valence electrons. The van der Waals surface area contributed by atoms with E-state index < -0.39 is 10.8 Å². The summed E-state index contributed by atoms with van der Waals surface area (Å²) in [7, 11) is -1.08. The SMILES string of the molecule is CCc1ccc(CS(=O)c2ccc(Br)cc2N)s1. The van der Waals surface area contributed by atoms with E-state index in [9.17, 15) is 4.21 Å². The van der Waals surface area contributed by atoms with Crippen molar-refractivity contribution in [2.45, 2.75) is 24.0 Å². The number of halogens is 1. The Bertz CT molecular complexity index is 580. The fourth-order valence-electron chi connectivity index (χ4n) is 1.62. The van der Waals surface area contributed by atoms with Gasteiger partial charge in [0.15, 0.2) is 0 Å². The van der Waals surface area contributed by atoms with Crippen LogP contribution < -0.4 is 5.73 Å². The number of thiophene rings is 1. The third kappa shape index (κ3) is 3.22. The molecule has 0 fully saturated rings. The molecule has 2 rings (SSSR count). The second-order valence-electron chi connectivity index (χ2n) is 3.89. The predicted molar refractivity (Wildman–Crippen MR) is 82.4 cm³/mol. The molecule has 1 aromatic heterocycles. The van der Waals surface area contributed by atoms with Gasteiger partial charge in [-0.05, 0) is 36.8 Å². The van der Waals surface area contributed by atoms with Crippen LogP contribution in [0.5, 0.6) is 0 Å². The van der Waals surface area contributed by atoms with E-state index in [0.717, 1.165) is 15.8 Å². The smallest absolute Gasteiger partial charge is 0.0627 e. The summed E-state index contributed by atoms with van der Waals surface area (Å²) >= 11 is 5.07. The Labute approximate surface area is 122 Å². The molecule has 0 aliphatic carbocycles. The normalized spacial score (nSPS) is 12.6. The average Bonchev–Trinajstić information content (AvgIpc) is 2.76. The zero-order chi connectivity index (χ0) is 13.1. The predicted octanol–water partition coefficient (Wildman–Crippen LogP) is 3.96. The molecule has 0 aliphatic heterocycles. The summed E-state index contributed by atoms with van der Waals surface area (Å²) in [5.74, 6) is 0.538. The molecule has 0 saturated carbocycles. The fraction of sp³-hybridized carbons (Fsp3) is 0.231. The van der Waals surface area contributed by atoms with E-state index in [2.05, 4.69) is 35.0 Å². The van der Waals surface area contributed by atoms with Crippen molar-refractivity contribution in [1.82, 2.24) is 0 Å². The average molecular weight is 344 g/mol. The van der Waals surface area contributed by atoms with Crippen molar-refractivity contribution in [3.8, 4) is 0 Å². The zero-order valence-corrected chi connectivity index (χ0v) is 13.2. The van der Waals surface area contributed by atoms with Crippen molar-refractivity contribution in [3.63, 3.8) is 0 Å². The number of nitrogen functional groups attached to an aromatic ring is 1. The van der Waals surface area contributed by atoms with Gasteiger partial charge in [-0.3, -0.25) is 4.21 Å². The number of anilines is 1. The van der Waals surface area contributed by atoms with Crippen LogP contribution in [0.3, 0.4) is 0 Å². The number of benzene rings is 1. The summed E-state index contributed by atoms with van der Waals surface area (Å²) in [6.45, 7) is 2.12. The van der Waals surface area contributed by atoms with Gasteiger partial charge < -0.3 is 5.73 Å². The molecule has 0 saturated heterocycles. The van der Waals surface area contributed by atoms with Crippen LogP contribution in [0.25, 0.3) is 0 Å². The second kappa shape index (κ2) is 5.99. The fourth-order valence-corrected chi connectivity index (χ4v) is 4.36. The second-order valence-corrected chi connectivity index (χ2v) is 7.48. The van der Waals surface area contributed by atoms with Gasteiger partial charge in [-0.1, -0.05) is 22.9 Å². The summed E-state index contributed by atoms with van der Waals surface area (Å²) in [6, 6.07) is 9.64. The lowest BCUT2D eigenvalue weighted by Crippen LogP contribution is -1.99. The first-order chi connectivity index (χ1) is 8.60. The minimum atomic E-state index is -1.08. The van der Waals surface area contributed by atoms with Crippen LogP contribution in [0, 0.1) is 0 Å². The van der Waals surface area contributed by atoms with Gasteiger partial charge >= 0.3 is 0 Å². The summed E-state index contributed by atoms with van der Waals surface area (Å²) in [6.07, 6.45) is 1.03. The highest BCUT2D eigenvalue weighted by atomic mass is 79.9. The first-order valence-electron chi connectivity index (χ1n) is 5.61. The molecule has 2 N–H and O–H groups in total. The molecule has 1 aromatic carbocycles. The van der Waals surface area contributed by atoms with Crippen molar-refractivity contribution >= 4 is 43.8 Å². The lowest BCUT2D eigenvalue weighted by molar-refractivity contribution is 0.683. The monoisotopic (exact) mass is 343 g/mol. The first kappa shape index (κ1) is 13.8. The van der Waals surface area contributed by atoms with Crippen LogP contribution in [0.15, 0.2) is 39.7 Å². The molecular formula is C13H14BrNOS2. The van der Waals surface area contributed by atoms with Gasteiger partial charge in [0.2, 0.25) is 0 Å². The van der Waals surface area contributed by atoms with Gasteiger partial charge in [0.05, 0.1) is 21.4 Å². The van der Waals surface area contributed by atoms with E-state index in [1.807, 2.05) is 12.1 Å². The van der Waals surface area contributed by atoms with E-state index in [0.29, 0.717) is 16.3 Å². The van der Waals surface area contributed by atoms with Crippen molar-refractivity contribution in [1.29, 1.82) is 0 Å². The summed E-state index contributed by atoms with van der Waals surface area (Å²) < 4.78 is 13.2. The van der Waals surface area contributed by atoms with Crippen LogP contribution in [0.1, 0.15) is 16.7 Å². The van der Waals surface area contributed by atoms with E-state index in [1.165, 1.54) is 4.88 Å². The van der Waals surface area contributed by atoms with Gasteiger partial charge in [0.25, 0.3) is 0 Å². The van der Waals surface area contributed by atoms with Crippen LogP contribution in [0.2, 0.25) is 0 Å². The van der Waals surface area contributed by atoms with Crippen molar-refractivity contribution in [2.24, 2.45) is 0 Å². The molecule has 1 unspecified atom stereocenters. The van der Waals surface area contributed by atoms with E-state index >= 15 is 0 Å². The van der Waals surface area contributed by atoms with Gasteiger partial charge in [0.1, 0.15) is 0 Å². The Morgan fingerprint density at radius 2 is 2.00 bits per heavy atom. The third-order valence-corrected chi connectivity index (χ3v) is 5.90. The van der Waals surface area contributed by atoms with Crippen LogP contribution in [0.4, 0.5) is 5.69 Å². The molecular weight excluding hydrogens is 330 g/mol. The largest absolute Gasteiger partial charge is 0.398 e. The van der Waals surface area contributed by atoms with E-state index in [-0.39, 0.29) is 0 Å². The van der Waals surface area contributed by atoms with Gasteiger partial charge in [-0.2, -0.15) is 0 Å². The van der Waals surface area contributed by atoms with Gasteiger partial charge in [-0.25, -0.2) is 0 Å². The summed E-state index contributed by atoms with van der Waals surface area (Å²) in [5, 5.41) is 0. The maximum absolute atomic E-state index is 12.3. The number of hydrogen-bond donors (Lipinski definition) is 1. The van der Waals surface area contributed by atoms with Gasteiger partial charge in [0, 0.05) is 19.9 Å². The number of rotatable bonds is 4. The van der Waals surface area contributed by atoms with E-state index in [4.69, 9.17) is 5.73 Å². The third-order valence-electron chi connectivity index (χ3n) is 2.56. The molecule has 2 nitrogen and oxygen atoms in total. The molecule has 0 radical (unpaired) electrons. The van der Waals surface area contributed by atoms with Crippen LogP contribution in [-0.4, -0.2) is 4.21 Å². The molecule has 0 bridgehead atoms. The summed E-state index contributed by atoms with van der Waals surface area (Å²) in [4.78, 5) is 3.18. The Balaban J connectivity index is 2.16. The number of nitrogens with two attached hydrogens (primary N) is 1. The number of aryl methyl sites for hydroxylation is 1. The molecule has 0 spiro atoms. The molecule has 1 atom stereocenters. The lowest BCUT2D eigenvalue weighted by Gasteiger charge is -2.05. The van der Waals surface area contributed by atoms with Gasteiger partial charge in [-0.15, -0.1) is 11.3 Å². The Morgan fingerprint density at radius 3 is 2.61 bits per heavy atom. The zero-order valence-electron chi connectivity index (χ0n) is 9.98. The van der Waals surface area contributed by atoms with Crippen molar-refractivity contribution in [2.75, 3.05) is 5.73 Å². The molecule has 1 heterocycles. The van der Waals surface area contributed by atoms with Crippen molar-refractivity contribution < 1.29 is 4.21 Å². The maximum atomic E-state index is 12.3. The summed E-state index contributed by atoms with van der Waals surface area (Å²) in [5.41, 5.74) is 6.47. The maximum Gasteiger partial charge on any atom is 0.0627 e. The Morgan fingerprint density at radius 1 is 1.28 bits per heavy atom. The quantitative estimate of drug-likeness (QED) is 0.853. The number of hydrogen-bond acceptors (Lipinski definition) is 3. The van der Waals surface area contributed by atoms with Crippen LogP contribution in [-0.2, 0) is 23.0 Å². The molecule has 0 amide bonds. The lowest BCUT2D eigenvalue weighted by atomic mass is 10.3. The van der Waals surface area contributed by atoms with E-state index in [1.54, 1.807) is 17.4 Å². The molecule has 2 aromatic rings. The highest BCUT2D eigenvalue weighted by Gasteiger charge is 2.10. The van der Waals surface area contributed by atoms with Crippen LogP contribution >= 0.6 is 27.3 Å². The highest BCUT2D eigenvalue weighted by Crippen LogP contribution is 2.25. The molecule has 5 heteroatoms. The molecule has 0 aliphatic rings.